The minimum absolute atomic E-state index is 0.472. The third-order valence-corrected chi connectivity index (χ3v) is 0.474. The van der Waals surface area contributed by atoms with Gasteiger partial charge in [-0.25, -0.2) is 0 Å². The monoisotopic (exact) mass is 353 g/mol. The zero-order valence-electron chi connectivity index (χ0n) is 4.67. The predicted molar refractivity (Wildman–Crippen MR) is 35.8 cm³/mol. The minimum atomic E-state index is -1.23. The molecule has 0 fully saturated rings. The van der Waals surface area contributed by atoms with Gasteiger partial charge in [0, 0.05) is 0 Å². The van der Waals surface area contributed by atoms with Gasteiger partial charge >= 0.3 is 35.3 Å². The van der Waals surface area contributed by atoms with E-state index < -0.39 is 28.8 Å². The third-order valence-electron chi connectivity index (χ3n) is 0.474. The van der Waals surface area contributed by atoms with E-state index in [1.807, 2.05) is 0 Å². The van der Waals surface area contributed by atoms with Crippen LogP contribution in [0.5, 0.6) is 0 Å². The molecule has 0 aromatic carbocycles. The molecule has 0 aliphatic carbocycles. The van der Waals surface area contributed by atoms with Crippen LogP contribution in [0.2, 0.25) is 0 Å². The molecule has 0 spiro atoms. The number of hydrogen-bond acceptors (Lipinski definition) is 1. The van der Waals surface area contributed by atoms with Crippen LogP contribution in [0.25, 0.3) is 11.5 Å². The number of hydrogen-bond donors (Lipinski definition) is 1. The first kappa shape index (κ1) is 12.8. The summed E-state index contributed by atoms with van der Waals surface area (Å²) in [6.45, 7) is 1.47. The molecule has 3 nitrogen and oxygen atoms in total. The quantitative estimate of drug-likeness (QED) is 0.771. The van der Waals surface area contributed by atoms with Crippen molar-refractivity contribution in [3.8, 4) is 0 Å². The van der Waals surface area contributed by atoms with E-state index in [1.54, 1.807) is 0 Å². The van der Waals surface area contributed by atoms with Gasteiger partial charge < -0.3 is 16.6 Å². The molecule has 0 radical (unpaired) electrons. The Bertz CT molecular complexity index is 49.1. The van der Waals surface area contributed by atoms with E-state index in [0.29, 0.717) is 0 Å². The molecule has 0 rings (SSSR count). The van der Waals surface area contributed by atoms with Crippen LogP contribution in [0, 0.1) is 0 Å². The van der Waals surface area contributed by atoms with Crippen molar-refractivity contribution >= 4 is 18.8 Å². The Morgan fingerprint density at radius 3 is 1.56 bits per heavy atom. The summed E-state index contributed by atoms with van der Waals surface area (Å²) in [5.74, 6) is 0. The molecule has 0 amide bonds. The van der Waals surface area contributed by atoms with Crippen molar-refractivity contribution < 1.29 is 21.6 Å². The fourth-order valence-electron chi connectivity index (χ4n) is 0. The number of aliphatic hydroxyl groups excluding tert-OH is 1. The Morgan fingerprint density at radius 1 is 1.44 bits per heavy atom. The summed E-state index contributed by atoms with van der Waals surface area (Å²) in [6, 6.07) is -0.676. The van der Waals surface area contributed by atoms with Gasteiger partial charge in [0.05, 0.1) is 0 Å². The predicted octanol–water partition coefficient (Wildman–Crippen LogP) is 2.17. The van der Waals surface area contributed by atoms with Gasteiger partial charge in [-0.1, -0.05) is 13.2 Å². The molecule has 0 heterocycles. The topological polar surface area (TPSA) is 67.8 Å². The van der Waals surface area contributed by atoms with Crippen LogP contribution < -0.4 is 0 Å². The van der Waals surface area contributed by atoms with Gasteiger partial charge in [0.25, 0.3) is 0 Å². The molecule has 60 valence electrons. The van der Waals surface area contributed by atoms with Crippen molar-refractivity contribution in [3.05, 3.63) is 11.5 Å². The average molecular weight is 354 g/mol. The van der Waals surface area contributed by atoms with Crippen LogP contribution in [-0.2, 0) is 16.5 Å². The molecule has 0 aliphatic heterocycles. The van der Waals surface area contributed by atoms with E-state index in [9.17, 15) is 0 Å². The van der Waals surface area contributed by atoms with Gasteiger partial charge in [0.1, 0.15) is 0 Å². The Kier molecular flexibility index (Phi) is 13.0. The van der Waals surface area contributed by atoms with E-state index in [-0.39, 0.29) is 0 Å². The Labute approximate surface area is 71.1 Å². The second kappa shape index (κ2) is 9.15. The van der Waals surface area contributed by atoms with Crippen LogP contribution in [-0.4, -0.2) is 17.4 Å². The molecule has 0 bridgehead atoms. The van der Waals surface area contributed by atoms with Crippen LogP contribution in [0.3, 0.4) is 0 Å². The molecule has 0 saturated carbocycles. The molecular weight excluding hydrogens is 346 g/mol. The van der Waals surface area contributed by atoms with Crippen LogP contribution in [0.15, 0.2) is 0 Å². The number of halogens is 2. The first-order valence-electron chi connectivity index (χ1n) is 1.99. The van der Waals surface area contributed by atoms with Crippen LogP contribution in [0.4, 0.5) is 0 Å². The molecular formula is C3H8Cl2N2OPt. The van der Waals surface area contributed by atoms with Crippen molar-refractivity contribution in [2.45, 2.75) is 19.2 Å². The van der Waals surface area contributed by atoms with Gasteiger partial charge in [0.15, 0.2) is 0 Å². The third kappa shape index (κ3) is 17.6. The summed E-state index contributed by atoms with van der Waals surface area (Å²) in [5.41, 5.74) is 13.0. The maximum atomic E-state index is 8.11. The van der Waals surface area contributed by atoms with Gasteiger partial charge in [-0.3, -0.25) is 0 Å². The molecule has 0 aliphatic rings. The average Bonchev–Trinajstić information content (AvgIpc) is 1.68. The molecule has 2 atom stereocenters. The summed E-state index contributed by atoms with van der Waals surface area (Å²) in [4.78, 5) is 0. The SMILES string of the molecule is CC([NH-])C([NH-])O.[Cl][Pt+2][Cl]. The van der Waals surface area contributed by atoms with Crippen molar-refractivity contribution in [1.29, 1.82) is 0 Å². The van der Waals surface area contributed by atoms with E-state index >= 15 is 0 Å². The Morgan fingerprint density at radius 2 is 1.56 bits per heavy atom. The number of rotatable bonds is 1. The normalized spacial score (nSPS) is 15.8. The molecule has 0 saturated heterocycles. The molecule has 0 aromatic rings. The summed E-state index contributed by atoms with van der Waals surface area (Å²) in [5, 5.41) is 8.11. The fourth-order valence-corrected chi connectivity index (χ4v) is 0. The van der Waals surface area contributed by atoms with E-state index in [4.69, 9.17) is 35.4 Å². The molecule has 9 heavy (non-hydrogen) atoms. The standard InChI is InChI=1S/C3H8N2O.2ClH.Pt/c1-2(4)3(5)6;;;/h2-6H,1H3;2*1H;/q-2;;;+4/p-2. The van der Waals surface area contributed by atoms with Crippen molar-refractivity contribution in [1.82, 2.24) is 0 Å². The van der Waals surface area contributed by atoms with E-state index in [0.717, 1.165) is 0 Å². The fraction of sp³-hybridized carbons (Fsp3) is 1.00. The number of aliphatic hydroxyl groups is 1. The first-order chi connectivity index (χ1) is 4.06. The van der Waals surface area contributed by atoms with E-state index in [1.165, 1.54) is 6.92 Å². The van der Waals surface area contributed by atoms with Gasteiger partial charge in [-0.05, 0) is 0 Å². The first-order valence-corrected chi connectivity index (χ1v) is 7.62. The molecule has 6 heteroatoms. The summed E-state index contributed by atoms with van der Waals surface area (Å²) in [7, 11) is 9.75. The molecule has 3 N–H and O–H groups in total. The second-order valence-electron chi connectivity index (χ2n) is 1.28. The molecule has 2 unspecified atom stereocenters. The van der Waals surface area contributed by atoms with Crippen molar-refractivity contribution in [2.24, 2.45) is 0 Å². The summed E-state index contributed by atoms with van der Waals surface area (Å²) >= 11 is -0.472. The summed E-state index contributed by atoms with van der Waals surface area (Å²) in [6.07, 6.45) is -1.23. The van der Waals surface area contributed by atoms with Crippen LogP contribution >= 0.6 is 18.8 Å². The zero-order chi connectivity index (χ0) is 7.86. The second-order valence-corrected chi connectivity index (χ2v) is 4.56. The molecule has 0 aromatic heterocycles. The van der Waals surface area contributed by atoms with Gasteiger partial charge in [-0.2, -0.15) is 0 Å². The van der Waals surface area contributed by atoms with Gasteiger partial charge in [0.2, 0.25) is 0 Å². The van der Waals surface area contributed by atoms with E-state index in [2.05, 4.69) is 0 Å². The van der Waals surface area contributed by atoms with Crippen molar-refractivity contribution in [3.63, 3.8) is 0 Å². The van der Waals surface area contributed by atoms with Crippen LogP contribution in [0.1, 0.15) is 6.92 Å². The Hall–Kier alpha value is 1.15. The van der Waals surface area contributed by atoms with Gasteiger partial charge in [-0.15, -0.1) is 6.04 Å². The maximum absolute atomic E-state index is 8.11. The number of nitrogens with one attached hydrogen (secondary N) is 2. The van der Waals surface area contributed by atoms with Crippen molar-refractivity contribution in [2.75, 3.05) is 0 Å². The Balaban J connectivity index is 0. The zero-order valence-corrected chi connectivity index (χ0v) is 8.46. The summed E-state index contributed by atoms with van der Waals surface area (Å²) < 4.78 is 0.